The molecule has 1 amide bonds. The second-order valence-electron chi connectivity index (χ2n) is 5.83. The summed E-state index contributed by atoms with van der Waals surface area (Å²) in [5.41, 5.74) is 1.06. The summed E-state index contributed by atoms with van der Waals surface area (Å²) in [7, 11) is 3.83. The van der Waals surface area contributed by atoms with Crippen molar-refractivity contribution >= 4 is 17.5 Å². The Bertz CT molecular complexity index is 480. The maximum atomic E-state index is 12.3. The van der Waals surface area contributed by atoms with E-state index in [-0.39, 0.29) is 5.91 Å². The van der Waals surface area contributed by atoms with Gasteiger partial charge < -0.3 is 10.2 Å². The van der Waals surface area contributed by atoms with Gasteiger partial charge in [0.25, 0.3) is 0 Å². The summed E-state index contributed by atoms with van der Waals surface area (Å²) in [6, 6.07) is 7.66. The predicted octanol–water partition coefficient (Wildman–Crippen LogP) is 1.84. The molecule has 1 N–H and O–H groups in total. The minimum absolute atomic E-state index is 0.167. The Kier molecular flexibility index (Phi) is 6.03. The summed E-state index contributed by atoms with van der Waals surface area (Å²) >= 11 is 5.97. The van der Waals surface area contributed by atoms with Gasteiger partial charge in [-0.05, 0) is 50.2 Å². The van der Waals surface area contributed by atoms with Crippen LogP contribution in [0.4, 0.5) is 0 Å². The number of halogens is 1. The van der Waals surface area contributed by atoms with Crippen molar-refractivity contribution < 1.29 is 4.79 Å². The standard InChI is InChI=1S/C16H24ClN3O/c1-18-9-14-6-7-20(11-14)12-16(21)19(2)10-13-4-3-5-15(17)8-13/h3-5,8,14,18H,6-7,9-12H2,1-2H3. The number of hydrogen-bond donors (Lipinski definition) is 1. The maximum Gasteiger partial charge on any atom is 0.236 e. The molecule has 21 heavy (non-hydrogen) atoms. The molecule has 0 aromatic heterocycles. The summed E-state index contributed by atoms with van der Waals surface area (Å²) < 4.78 is 0. The van der Waals surface area contributed by atoms with Crippen molar-refractivity contribution in [2.45, 2.75) is 13.0 Å². The van der Waals surface area contributed by atoms with E-state index in [0.29, 0.717) is 24.0 Å². The normalized spacial score (nSPS) is 18.9. The Balaban J connectivity index is 1.80. The smallest absolute Gasteiger partial charge is 0.236 e. The minimum atomic E-state index is 0.167. The first-order valence-electron chi connectivity index (χ1n) is 7.44. The highest BCUT2D eigenvalue weighted by Crippen LogP contribution is 2.16. The number of carbonyl (C=O) groups excluding carboxylic acids is 1. The zero-order valence-electron chi connectivity index (χ0n) is 12.8. The number of likely N-dealkylation sites (N-methyl/N-ethyl adjacent to an activating group) is 1. The van der Waals surface area contributed by atoms with Crippen LogP contribution in [0.15, 0.2) is 24.3 Å². The average molecular weight is 310 g/mol. The Morgan fingerprint density at radius 2 is 2.33 bits per heavy atom. The lowest BCUT2D eigenvalue weighted by Crippen LogP contribution is -2.37. The molecular formula is C16H24ClN3O. The lowest BCUT2D eigenvalue weighted by Gasteiger charge is -2.22. The van der Waals surface area contributed by atoms with Gasteiger partial charge >= 0.3 is 0 Å². The molecule has 0 radical (unpaired) electrons. The predicted molar refractivity (Wildman–Crippen MR) is 86.4 cm³/mol. The largest absolute Gasteiger partial charge is 0.340 e. The number of nitrogens with zero attached hydrogens (tertiary/aromatic N) is 2. The monoisotopic (exact) mass is 309 g/mol. The van der Waals surface area contributed by atoms with Crippen LogP contribution in [0.1, 0.15) is 12.0 Å². The van der Waals surface area contributed by atoms with Crippen molar-refractivity contribution in [3.05, 3.63) is 34.9 Å². The highest BCUT2D eigenvalue weighted by atomic mass is 35.5. The van der Waals surface area contributed by atoms with Crippen molar-refractivity contribution in [1.29, 1.82) is 0 Å². The van der Waals surface area contributed by atoms with E-state index in [1.807, 2.05) is 38.4 Å². The second-order valence-corrected chi connectivity index (χ2v) is 6.26. The summed E-state index contributed by atoms with van der Waals surface area (Å²) in [6.45, 7) is 4.17. The molecule has 116 valence electrons. The molecule has 1 aromatic rings. The zero-order valence-corrected chi connectivity index (χ0v) is 13.6. The molecule has 5 heteroatoms. The average Bonchev–Trinajstić information content (AvgIpc) is 2.86. The Labute approximate surface area is 132 Å². The van der Waals surface area contributed by atoms with Crippen molar-refractivity contribution in [2.24, 2.45) is 5.92 Å². The second kappa shape index (κ2) is 7.78. The van der Waals surface area contributed by atoms with Gasteiger partial charge in [0.15, 0.2) is 0 Å². The number of amides is 1. The maximum absolute atomic E-state index is 12.3. The van der Waals surface area contributed by atoms with Crippen LogP contribution < -0.4 is 5.32 Å². The molecule has 1 aromatic carbocycles. The number of carbonyl (C=O) groups is 1. The first kappa shape index (κ1) is 16.3. The summed E-state index contributed by atoms with van der Waals surface area (Å²) in [4.78, 5) is 16.3. The number of hydrogen-bond acceptors (Lipinski definition) is 3. The topological polar surface area (TPSA) is 35.6 Å². The molecule has 1 aliphatic heterocycles. The fourth-order valence-electron chi connectivity index (χ4n) is 2.82. The minimum Gasteiger partial charge on any atom is -0.340 e. The van der Waals surface area contributed by atoms with Crippen LogP contribution in [0.3, 0.4) is 0 Å². The highest BCUT2D eigenvalue weighted by molar-refractivity contribution is 6.30. The van der Waals surface area contributed by atoms with Crippen LogP contribution in [0, 0.1) is 5.92 Å². The first-order valence-corrected chi connectivity index (χ1v) is 7.81. The quantitative estimate of drug-likeness (QED) is 0.871. The molecule has 1 aliphatic rings. The van der Waals surface area contributed by atoms with Crippen molar-refractivity contribution in [1.82, 2.24) is 15.1 Å². The van der Waals surface area contributed by atoms with Crippen LogP contribution in [-0.4, -0.2) is 56.0 Å². The van der Waals surface area contributed by atoms with Crippen LogP contribution in [0.2, 0.25) is 5.02 Å². The molecule has 2 rings (SSSR count). The van der Waals surface area contributed by atoms with E-state index in [4.69, 9.17) is 11.6 Å². The third kappa shape index (κ3) is 4.99. The van der Waals surface area contributed by atoms with E-state index in [1.54, 1.807) is 4.90 Å². The molecule has 1 heterocycles. The lowest BCUT2D eigenvalue weighted by atomic mass is 10.1. The van der Waals surface area contributed by atoms with Crippen LogP contribution in [-0.2, 0) is 11.3 Å². The summed E-state index contributed by atoms with van der Waals surface area (Å²) in [5, 5.41) is 3.92. The van der Waals surface area contributed by atoms with Crippen molar-refractivity contribution in [3.63, 3.8) is 0 Å². The van der Waals surface area contributed by atoms with Gasteiger partial charge in [-0.1, -0.05) is 23.7 Å². The van der Waals surface area contributed by atoms with Crippen LogP contribution >= 0.6 is 11.6 Å². The molecule has 0 saturated carbocycles. The lowest BCUT2D eigenvalue weighted by molar-refractivity contribution is -0.131. The van der Waals surface area contributed by atoms with Gasteiger partial charge in [-0.2, -0.15) is 0 Å². The van der Waals surface area contributed by atoms with Gasteiger partial charge in [0.05, 0.1) is 6.54 Å². The van der Waals surface area contributed by atoms with Gasteiger partial charge in [0, 0.05) is 25.2 Å². The van der Waals surface area contributed by atoms with Crippen LogP contribution in [0.25, 0.3) is 0 Å². The third-order valence-corrected chi connectivity index (χ3v) is 4.19. The first-order chi connectivity index (χ1) is 10.1. The van der Waals surface area contributed by atoms with Gasteiger partial charge in [-0.15, -0.1) is 0 Å². The fourth-order valence-corrected chi connectivity index (χ4v) is 3.03. The zero-order chi connectivity index (χ0) is 15.2. The molecule has 1 saturated heterocycles. The highest BCUT2D eigenvalue weighted by Gasteiger charge is 2.24. The van der Waals surface area contributed by atoms with E-state index in [0.717, 1.165) is 25.2 Å². The summed E-state index contributed by atoms with van der Waals surface area (Å²) in [6.07, 6.45) is 1.17. The van der Waals surface area contributed by atoms with E-state index in [9.17, 15) is 4.79 Å². The Morgan fingerprint density at radius 1 is 1.52 bits per heavy atom. The van der Waals surface area contributed by atoms with Crippen LogP contribution in [0.5, 0.6) is 0 Å². The molecule has 1 fully saturated rings. The van der Waals surface area contributed by atoms with E-state index in [2.05, 4.69) is 10.2 Å². The van der Waals surface area contributed by atoms with Gasteiger partial charge in [0.1, 0.15) is 0 Å². The van der Waals surface area contributed by atoms with Crippen molar-refractivity contribution in [2.75, 3.05) is 40.3 Å². The molecule has 0 bridgehead atoms. The molecule has 4 nitrogen and oxygen atoms in total. The van der Waals surface area contributed by atoms with Gasteiger partial charge in [-0.25, -0.2) is 0 Å². The number of benzene rings is 1. The Morgan fingerprint density at radius 3 is 3.05 bits per heavy atom. The summed E-state index contributed by atoms with van der Waals surface area (Å²) in [5.74, 6) is 0.834. The third-order valence-electron chi connectivity index (χ3n) is 3.96. The fraction of sp³-hybridized carbons (Fsp3) is 0.562. The van der Waals surface area contributed by atoms with Gasteiger partial charge in [-0.3, -0.25) is 9.69 Å². The Hall–Kier alpha value is -1.10. The van der Waals surface area contributed by atoms with Crippen molar-refractivity contribution in [3.8, 4) is 0 Å². The van der Waals surface area contributed by atoms with Gasteiger partial charge in [0.2, 0.25) is 5.91 Å². The molecule has 1 atom stereocenters. The van der Waals surface area contributed by atoms with E-state index < -0.39 is 0 Å². The molecule has 0 aliphatic carbocycles. The van der Waals surface area contributed by atoms with E-state index >= 15 is 0 Å². The molecular weight excluding hydrogens is 286 g/mol. The SMILES string of the molecule is CNCC1CCN(CC(=O)N(C)Cc2cccc(Cl)c2)C1. The number of nitrogens with one attached hydrogen (secondary N) is 1. The number of likely N-dealkylation sites (tertiary alicyclic amines) is 1. The number of rotatable bonds is 6. The molecule has 1 unspecified atom stereocenters. The molecule has 0 spiro atoms. The van der Waals surface area contributed by atoms with E-state index in [1.165, 1.54) is 6.42 Å².